The van der Waals surface area contributed by atoms with Gasteiger partial charge in [-0.3, -0.25) is 9.48 Å². The first kappa shape index (κ1) is 21.3. The maximum absolute atomic E-state index is 11.5. The van der Waals surface area contributed by atoms with E-state index in [2.05, 4.69) is 32.6 Å². The van der Waals surface area contributed by atoms with Crippen molar-refractivity contribution >= 4 is 44.9 Å². The fraction of sp³-hybridized carbons (Fsp3) is 0.429. The maximum atomic E-state index is 11.5. The van der Waals surface area contributed by atoms with Crippen molar-refractivity contribution in [3.63, 3.8) is 0 Å². The smallest absolute Gasteiger partial charge is 0.243 e. The Labute approximate surface area is 184 Å². The van der Waals surface area contributed by atoms with Crippen molar-refractivity contribution in [2.75, 3.05) is 24.4 Å². The second-order valence-corrected chi connectivity index (χ2v) is 8.46. The topological polar surface area (TPSA) is 106 Å². The molecule has 31 heavy (non-hydrogen) atoms. The van der Waals surface area contributed by atoms with Crippen molar-refractivity contribution in [1.82, 2.24) is 25.1 Å². The second-order valence-electron chi connectivity index (χ2n) is 7.55. The van der Waals surface area contributed by atoms with E-state index in [4.69, 9.17) is 9.72 Å². The standard InChI is InChI=1S/C21H27N7O2S/c1-3-18(29)23-14-4-6-15(7-5-14)24-20-19-17(8-11-31-19)26-21(27-20)25-16-12-22-28(13-16)9-10-30-2/h3,8,11-15H,1,4-7,9-10H2,2H3,(H,23,29)(H2,24,25,26,27). The van der Waals surface area contributed by atoms with Crippen molar-refractivity contribution in [3.8, 4) is 0 Å². The Hall–Kier alpha value is -2.98. The summed E-state index contributed by atoms with van der Waals surface area (Å²) in [5.41, 5.74) is 1.74. The molecule has 1 saturated carbocycles. The van der Waals surface area contributed by atoms with E-state index in [1.807, 2.05) is 22.3 Å². The van der Waals surface area contributed by atoms with E-state index in [1.165, 1.54) is 6.08 Å². The lowest BCUT2D eigenvalue weighted by Crippen LogP contribution is -2.39. The summed E-state index contributed by atoms with van der Waals surface area (Å²) in [4.78, 5) is 20.9. The number of nitrogens with one attached hydrogen (secondary N) is 3. The van der Waals surface area contributed by atoms with E-state index >= 15 is 0 Å². The number of methoxy groups -OCH3 is 1. The summed E-state index contributed by atoms with van der Waals surface area (Å²) in [6.45, 7) is 4.81. The van der Waals surface area contributed by atoms with Crippen LogP contribution in [0.3, 0.4) is 0 Å². The molecule has 0 radical (unpaired) electrons. The third-order valence-corrected chi connectivity index (χ3v) is 6.23. The molecule has 3 aromatic rings. The zero-order valence-corrected chi connectivity index (χ0v) is 18.3. The minimum absolute atomic E-state index is 0.103. The van der Waals surface area contributed by atoms with Gasteiger partial charge in [-0.05, 0) is 43.2 Å². The van der Waals surface area contributed by atoms with Crippen molar-refractivity contribution < 1.29 is 9.53 Å². The molecule has 0 atom stereocenters. The lowest BCUT2D eigenvalue weighted by Gasteiger charge is -2.29. The van der Waals surface area contributed by atoms with Crippen molar-refractivity contribution in [2.24, 2.45) is 0 Å². The number of ether oxygens (including phenoxy) is 1. The monoisotopic (exact) mass is 441 g/mol. The Morgan fingerprint density at radius 1 is 1.32 bits per heavy atom. The molecule has 9 nitrogen and oxygen atoms in total. The van der Waals surface area contributed by atoms with Crippen molar-refractivity contribution in [3.05, 3.63) is 36.5 Å². The lowest BCUT2D eigenvalue weighted by atomic mass is 9.91. The van der Waals surface area contributed by atoms with Crippen LogP contribution >= 0.6 is 11.3 Å². The van der Waals surface area contributed by atoms with Crippen LogP contribution in [0.15, 0.2) is 36.5 Å². The van der Waals surface area contributed by atoms with Crippen LogP contribution in [-0.2, 0) is 16.1 Å². The number of thiophene rings is 1. The predicted molar refractivity (Wildman–Crippen MR) is 123 cm³/mol. The molecule has 4 rings (SSSR count). The molecule has 0 bridgehead atoms. The molecule has 1 amide bonds. The molecule has 10 heteroatoms. The average molecular weight is 442 g/mol. The van der Waals surface area contributed by atoms with E-state index in [9.17, 15) is 4.79 Å². The van der Waals surface area contributed by atoms with Gasteiger partial charge in [0.15, 0.2) is 0 Å². The molecule has 3 aromatic heterocycles. The van der Waals surface area contributed by atoms with Gasteiger partial charge in [-0.1, -0.05) is 6.58 Å². The molecule has 0 aromatic carbocycles. The molecule has 1 aliphatic carbocycles. The van der Waals surface area contributed by atoms with E-state index in [-0.39, 0.29) is 11.9 Å². The van der Waals surface area contributed by atoms with Crippen LogP contribution < -0.4 is 16.0 Å². The number of nitrogens with zero attached hydrogens (tertiary/aromatic N) is 4. The molecule has 1 fully saturated rings. The van der Waals surface area contributed by atoms with Crippen molar-refractivity contribution in [2.45, 2.75) is 44.3 Å². The van der Waals surface area contributed by atoms with Gasteiger partial charge in [-0.15, -0.1) is 11.3 Å². The second kappa shape index (κ2) is 9.88. The van der Waals surface area contributed by atoms with Crippen LogP contribution in [0.25, 0.3) is 10.2 Å². The molecular formula is C21H27N7O2S. The third kappa shape index (κ3) is 5.39. The average Bonchev–Trinajstić information content (AvgIpc) is 3.43. The van der Waals surface area contributed by atoms with Gasteiger partial charge in [0.1, 0.15) is 5.82 Å². The number of rotatable bonds is 9. The number of fused-ring (bicyclic) bond motifs is 1. The van der Waals surface area contributed by atoms with Gasteiger partial charge >= 0.3 is 0 Å². The van der Waals surface area contributed by atoms with Crippen LogP contribution in [0.4, 0.5) is 17.5 Å². The van der Waals surface area contributed by atoms with Gasteiger partial charge in [0.25, 0.3) is 0 Å². The minimum atomic E-state index is -0.103. The Kier molecular flexibility index (Phi) is 6.78. The first-order chi connectivity index (χ1) is 15.1. The predicted octanol–water partition coefficient (Wildman–Crippen LogP) is 3.30. The minimum Gasteiger partial charge on any atom is -0.383 e. The van der Waals surface area contributed by atoms with E-state index < -0.39 is 0 Å². The third-order valence-electron chi connectivity index (χ3n) is 5.32. The number of carbonyl (C=O) groups excluding carboxylic acids is 1. The molecule has 0 spiro atoms. The first-order valence-corrected chi connectivity index (χ1v) is 11.3. The summed E-state index contributed by atoms with van der Waals surface area (Å²) in [7, 11) is 1.67. The molecular weight excluding hydrogens is 414 g/mol. The van der Waals surface area contributed by atoms with Gasteiger partial charge in [-0.25, -0.2) is 4.98 Å². The Bertz CT molecular complexity index is 1040. The summed E-state index contributed by atoms with van der Waals surface area (Å²) in [5.74, 6) is 1.27. The van der Waals surface area contributed by atoms with Crippen LogP contribution in [-0.4, -0.2) is 51.5 Å². The molecule has 1 aliphatic rings. The fourth-order valence-electron chi connectivity index (χ4n) is 3.72. The number of hydrogen-bond donors (Lipinski definition) is 3. The van der Waals surface area contributed by atoms with Crippen molar-refractivity contribution in [1.29, 1.82) is 0 Å². The van der Waals surface area contributed by atoms with Crippen LogP contribution in [0.2, 0.25) is 0 Å². The quantitative estimate of drug-likeness (QED) is 0.438. The van der Waals surface area contributed by atoms with Crippen LogP contribution in [0.1, 0.15) is 25.7 Å². The van der Waals surface area contributed by atoms with E-state index in [1.54, 1.807) is 24.6 Å². The Balaban J connectivity index is 1.43. The fourth-order valence-corrected chi connectivity index (χ4v) is 4.50. The van der Waals surface area contributed by atoms with Gasteiger partial charge in [0.05, 0.1) is 35.3 Å². The van der Waals surface area contributed by atoms with E-state index in [0.29, 0.717) is 25.1 Å². The number of amides is 1. The molecule has 0 aliphatic heterocycles. The summed E-state index contributed by atoms with van der Waals surface area (Å²) >= 11 is 1.63. The van der Waals surface area contributed by atoms with Crippen LogP contribution in [0, 0.1) is 0 Å². The summed E-state index contributed by atoms with van der Waals surface area (Å²) in [6.07, 6.45) is 8.79. The number of hydrogen-bond acceptors (Lipinski definition) is 8. The highest BCUT2D eigenvalue weighted by atomic mass is 32.1. The zero-order valence-electron chi connectivity index (χ0n) is 17.5. The zero-order chi connectivity index (χ0) is 21.6. The van der Waals surface area contributed by atoms with Crippen LogP contribution in [0.5, 0.6) is 0 Å². The summed E-state index contributed by atoms with van der Waals surface area (Å²) in [6, 6.07) is 2.52. The van der Waals surface area contributed by atoms with Gasteiger partial charge in [0.2, 0.25) is 11.9 Å². The largest absolute Gasteiger partial charge is 0.383 e. The Morgan fingerprint density at radius 2 is 2.13 bits per heavy atom. The highest BCUT2D eigenvalue weighted by molar-refractivity contribution is 7.17. The van der Waals surface area contributed by atoms with Gasteiger partial charge in [-0.2, -0.15) is 10.1 Å². The Morgan fingerprint density at radius 3 is 2.90 bits per heavy atom. The molecule has 3 heterocycles. The molecule has 164 valence electrons. The highest BCUT2D eigenvalue weighted by Crippen LogP contribution is 2.30. The first-order valence-electron chi connectivity index (χ1n) is 10.4. The molecule has 0 saturated heterocycles. The number of carbonyl (C=O) groups is 1. The lowest BCUT2D eigenvalue weighted by molar-refractivity contribution is -0.117. The summed E-state index contributed by atoms with van der Waals surface area (Å²) in [5, 5.41) is 16.2. The van der Waals surface area contributed by atoms with Gasteiger partial charge in [0, 0.05) is 25.4 Å². The number of anilines is 3. The summed E-state index contributed by atoms with van der Waals surface area (Å²) < 4.78 is 7.96. The van der Waals surface area contributed by atoms with E-state index in [0.717, 1.165) is 47.4 Å². The highest BCUT2D eigenvalue weighted by Gasteiger charge is 2.23. The number of aromatic nitrogens is 4. The maximum Gasteiger partial charge on any atom is 0.243 e. The molecule has 0 unspecified atom stereocenters. The SMILES string of the molecule is C=CC(=O)NC1CCC(Nc2nc(Nc3cnn(CCOC)c3)nc3ccsc23)CC1. The molecule has 3 N–H and O–H groups in total. The van der Waals surface area contributed by atoms with Gasteiger partial charge < -0.3 is 20.7 Å². The normalized spacial score (nSPS) is 18.6.